The number of rotatable bonds is 59. The van der Waals surface area contributed by atoms with Crippen LogP contribution in [0.15, 0.2) is 0 Å². The summed E-state index contributed by atoms with van der Waals surface area (Å²) in [4.78, 5) is 38.3. The molecule has 0 spiro atoms. The summed E-state index contributed by atoms with van der Waals surface area (Å²) in [6, 6.07) is 0. The molecular weight excluding hydrogens is 877 g/mol. The molecule has 0 aromatic carbocycles. The molecule has 0 radical (unpaired) electrons. The minimum absolute atomic E-state index is 0.0618. The number of carbonyl (C=O) groups excluding carboxylic acids is 3. The van der Waals surface area contributed by atoms with Gasteiger partial charge in [0.05, 0.1) is 0 Å². The van der Waals surface area contributed by atoms with Crippen LogP contribution in [-0.4, -0.2) is 37.2 Å². The summed E-state index contributed by atoms with van der Waals surface area (Å²) in [6.45, 7) is 11.5. The van der Waals surface area contributed by atoms with Crippen LogP contribution in [0.4, 0.5) is 0 Å². The van der Waals surface area contributed by atoms with Gasteiger partial charge in [-0.05, 0) is 31.1 Å². The molecule has 71 heavy (non-hydrogen) atoms. The molecule has 0 amide bonds. The minimum atomic E-state index is -0.764. The Morgan fingerprint density at radius 1 is 0.268 bits per heavy atom. The Morgan fingerprint density at radius 3 is 0.690 bits per heavy atom. The van der Waals surface area contributed by atoms with Crippen LogP contribution >= 0.6 is 0 Å². The largest absolute Gasteiger partial charge is 0.462 e. The van der Waals surface area contributed by atoms with Crippen molar-refractivity contribution in [2.45, 2.75) is 375 Å². The molecule has 0 aromatic rings. The summed E-state index contributed by atoms with van der Waals surface area (Å²) < 4.78 is 17.0. The molecule has 0 fully saturated rings. The summed E-state index contributed by atoms with van der Waals surface area (Å²) in [5.41, 5.74) is 0. The number of hydrogen-bond acceptors (Lipinski definition) is 6. The molecule has 0 heterocycles. The van der Waals surface area contributed by atoms with Gasteiger partial charge >= 0.3 is 17.9 Å². The average molecular weight is 1000 g/mol. The second-order valence-electron chi connectivity index (χ2n) is 23.4. The fourth-order valence-corrected chi connectivity index (χ4v) is 10.1. The van der Waals surface area contributed by atoms with Gasteiger partial charge < -0.3 is 14.2 Å². The maximum atomic E-state index is 12.9. The smallest absolute Gasteiger partial charge is 0.306 e. The maximum Gasteiger partial charge on any atom is 0.306 e. The Bertz CT molecular complexity index is 1090. The highest BCUT2D eigenvalue weighted by atomic mass is 16.6. The summed E-state index contributed by atoms with van der Waals surface area (Å²) >= 11 is 0. The Labute approximate surface area is 444 Å². The lowest BCUT2D eigenvalue weighted by Gasteiger charge is -2.18. The molecule has 6 nitrogen and oxygen atoms in total. The van der Waals surface area contributed by atoms with Crippen molar-refractivity contribution >= 4 is 17.9 Å². The van der Waals surface area contributed by atoms with Crippen LogP contribution < -0.4 is 0 Å². The molecule has 0 bridgehead atoms. The van der Waals surface area contributed by atoms with E-state index in [2.05, 4.69) is 34.6 Å². The molecule has 0 saturated carbocycles. The first-order valence-corrected chi connectivity index (χ1v) is 32.2. The van der Waals surface area contributed by atoms with Gasteiger partial charge in [0, 0.05) is 19.3 Å². The van der Waals surface area contributed by atoms with Crippen molar-refractivity contribution in [2.75, 3.05) is 13.2 Å². The SMILES string of the molecule is CCCCCCCCCCCCCCCCCCCC(=O)OC[C@H](COC(=O)CCCCCCCCCCCCCCC(C)C)OC(=O)CCCCCCCCCCCCCCCCCCCCC(C)C. The van der Waals surface area contributed by atoms with E-state index in [1.165, 1.54) is 257 Å². The van der Waals surface area contributed by atoms with E-state index in [0.717, 1.165) is 69.6 Å². The molecule has 0 aliphatic carbocycles. The molecule has 0 aliphatic rings. The van der Waals surface area contributed by atoms with Crippen LogP contribution in [0.1, 0.15) is 369 Å². The molecule has 0 N–H and O–H groups in total. The fourth-order valence-electron chi connectivity index (χ4n) is 10.1. The third-order valence-electron chi connectivity index (χ3n) is 15.0. The van der Waals surface area contributed by atoms with Crippen molar-refractivity contribution in [1.29, 1.82) is 0 Å². The minimum Gasteiger partial charge on any atom is -0.462 e. The molecule has 0 aliphatic heterocycles. The number of unbranched alkanes of at least 4 members (excludes halogenated alkanes) is 44. The van der Waals surface area contributed by atoms with Crippen molar-refractivity contribution in [3.8, 4) is 0 Å². The highest BCUT2D eigenvalue weighted by Crippen LogP contribution is 2.19. The first-order chi connectivity index (χ1) is 34.7. The Kier molecular flexibility index (Phi) is 56.4. The first-order valence-electron chi connectivity index (χ1n) is 32.2. The number of carbonyl (C=O) groups is 3. The van der Waals surface area contributed by atoms with E-state index in [1.807, 2.05) is 0 Å². The topological polar surface area (TPSA) is 78.9 Å². The highest BCUT2D eigenvalue weighted by molar-refractivity contribution is 5.71. The lowest BCUT2D eigenvalue weighted by Crippen LogP contribution is -2.30. The third kappa shape index (κ3) is 59.2. The zero-order chi connectivity index (χ0) is 51.8. The number of esters is 3. The van der Waals surface area contributed by atoms with Gasteiger partial charge in [0.2, 0.25) is 0 Å². The van der Waals surface area contributed by atoms with E-state index >= 15 is 0 Å². The van der Waals surface area contributed by atoms with Gasteiger partial charge in [-0.25, -0.2) is 0 Å². The van der Waals surface area contributed by atoms with Crippen molar-refractivity contribution in [1.82, 2.24) is 0 Å². The van der Waals surface area contributed by atoms with Crippen LogP contribution in [0.3, 0.4) is 0 Å². The summed E-state index contributed by atoms with van der Waals surface area (Å²) in [7, 11) is 0. The van der Waals surface area contributed by atoms with Crippen molar-refractivity contribution in [3.63, 3.8) is 0 Å². The molecular formula is C65H126O6. The van der Waals surface area contributed by atoms with E-state index < -0.39 is 6.10 Å². The quantitative estimate of drug-likeness (QED) is 0.0343. The maximum absolute atomic E-state index is 12.9. The van der Waals surface area contributed by atoms with Crippen LogP contribution in [0.2, 0.25) is 0 Å². The lowest BCUT2D eigenvalue weighted by molar-refractivity contribution is -0.167. The molecule has 422 valence electrons. The van der Waals surface area contributed by atoms with E-state index in [9.17, 15) is 14.4 Å². The van der Waals surface area contributed by atoms with Gasteiger partial charge in [-0.2, -0.15) is 0 Å². The second-order valence-corrected chi connectivity index (χ2v) is 23.4. The van der Waals surface area contributed by atoms with E-state index in [4.69, 9.17) is 14.2 Å². The molecule has 0 aromatic heterocycles. The zero-order valence-electron chi connectivity index (χ0n) is 48.9. The Balaban J connectivity index is 4.27. The molecule has 6 heteroatoms. The standard InChI is InChI=1S/C65H126O6/c1-6-7-8-9-10-11-12-13-14-17-21-24-30-35-40-45-50-55-63(66)69-58-62(59-70-64(67)56-51-46-41-36-31-27-26-29-34-39-44-49-54-61(4)5)71-65(68)57-52-47-42-37-32-25-22-19-16-15-18-20-23-28-33-38-43-48-53-60(2)3/h60-62H,6-59H2,1-5H3/t62-/m1/s1. The van der Waals surface area contributed by atoms with Crippen LogP contribution in [-0.2, 0) is 28.6 Å². The third-order valence-corrected chi connectivity index (χ3v) is 15.0. The van der Waals surface area contributed by atoms with E-state index in [1.54, 1.807) is 0 Å². The van der Waals surface area contributed by atoms with Gasteiger partial charge in [0.1, 0.15) is 13.2 Å². The Hall–Kier alpha value is -1.59. The van der Waals surface area contributed by atoms with Crippen LogP contribution in [0.5, 0.6) is 0 Å². The van der Waals surface area contributed by atoms with Crippen molar-refractivity contribution in [3.05, 3.63) is 0 Å². The van der Waals surface area contributed by atoms with Gasteiger partial charge in [-0.1, -0.05) is 330 Å². The van der Waals surface area contributed by atoms with Gasteiger partial charge in [-0.3, -0.25) is 14.4 Å². The predicted octanol–water partition coefficient (Wildman–Crippen LogP) is 21.6. The van der Waals surface area contributed by atoms with Gasteiger partial charge in [-0.15, -0.1) is 0 Å². The zero-order valence-corrected chi connectivity index (χ0v) is 48.9. The normalized spacial score (nSPS) is 12.0. The summed E-state index contributed by atoms with van der Waals surface area (Å²) in [5, 5.41) is 0. The van der Waals surface area contributed by atoms with Crippen molar-refractivity contribution < 1.29 is 28.6 Å². The predicted molar refractivity (Wildman–Crippen MR) is 307 cm³/mol. The number of hydrogen-bond donors (Lipinski definition) is 0. The number of ether oxygens (including phenoxy) is 3. The molecule has 0 unspecified atom stereocenters. The monoisotopic (exact) mass is 1000 g/mol. The van der Waals surface area contributed by atoms with Gasteiger partial charge in [0.25, 0.3) is 0 Å². The molecule has 0 saturated heterocycles. The summed E-state index contributed by atoms with van der Waals surface area (Å²) in [6.07, 6.45) is 63.9. The molecule has 1 atom stereocenters. The van der Waals surface area contributed by atoms with Gasteiger partial charge in [0.15, 0.2) is 6.10 Å². The van der Waals surface area contributed by atoms with Crippen molar-refractivity contribution in [2.24, 2.45) is 11.8 Å². The fraction of sp³-hybridized carbons (Fsp3) is 0.954. The van der Waals surface area contributed by atoms with E-state index in [-0.39, 0.29) is 31.1 Å². The Morgan fingerprint density at radius 2 is 0.465 bits per heavy atom. The summed E-state index contributed by atoms with van der Waals surface area (Å²) in [5.74, 6) is 0.861. The highest BCUT2D eigenvalue weighted by Gasteiger charge is 2.19. The lowest BCUT2D eigenvalue weighted by atomic mass is 10.0. The van der Waals surface area contributed by atoms with E-state index in [0.29, 0.717) is 19.3 Å². The first kappa shape index (κ1) is 69.4. The van der Waals surface area contributed by atoms with Crippen LogP contribution in [0.25, 0.3) is 0 Å². The van der Waals surface area contributed by atoms with Crippen LogP contribution in [0, 0.1) is 11.8 Å². The second kappa shape index (κ2) is 57.7. The molecule has 0 rings (SSSR count). The average Bonchev–Trinajstić information content (AvgIpc) is 3.35.